The lowest BCUT2D eigenvalue weighted by Gasteiger charge is -2.38. The minimum Gasteiger partial charge on any atom is -0.494 e. The molecule has 0 radical (unpaired) electrons. The molecule has 36 heavy (non-hydrogen) atoms. The van der Waals surface area contributed by atoms with Crippen molar-refractivity contribution in [2.24, 2.45) is 5.10 Å². The van der Waals surface area contributed by atoms with E-state index in [9.17, 15) is 0 Å². The van der Waals surface area contributed by atoms with Crippen LogP contribution in [0.2, 0.25) is 0 Å². The van der Waals surface area contributed by atoms with Crippen LogP contribution in [0.15, 0.2) is 71.8 Å². The molecule has 2 heterocycles. The molecule has 0 saturated heterocycles. The Bertz CT molecular complexity index is 1210. The maximum absolute atomic E-state index is 6.50. The summed E-state index contributed by atoms with van der Waals surface area (Å²) in [5.41, 5.74) is 4.22. The van der Waals surface area contributed by atoms with Crippen molar-refractivity contribution in [3.63, 3.8) is 0 Å². The molecular formula is C30H34N2O4. The summed E-state index contributed by atoms with van der Waals surface area (Å²) in [6.45, 7) is 2.97. The average molecular weight is 487 g/mol. The second-order valence-electron chi connectivity index (χ2n) is 9.20. The van der Waals surface area contributed by atoms with Gasteiger partial charge in [-0.1, -0.05) is 44.4 Å². The molecule has 6 nitrogen and oxygen atoms in total. The maximum atomic E-state index is 6.50. The third-order valence-electron chi connectivity index (χ3n) is 6.85. The molecule has 2 atom stereocenters. The third-order valence-corrected chi connectivity index (χ3v) is 6.85. The van der Waals surface area contributed by atoms with E-state index >= 15 is 0 Å². The number of unbranched alkanes of at least 4 members (excludes halogenated alkanes) is 3. The number of benzene rings is 3. The second-order valence-corrected chi connectivity index (χ2v) is 9.20. The van der Waals surface area contributed by atoms with Gasteiger partial charge in [-0.05, 0) is 55.0 Å². The molecular weight excluding hydrogens is 452 g/mol. The maximum Gasteiger partial charge on any atom is 0.213 e. The molecule has 0 saturated carbocycles. The highest BCUT2D eigenvalue weighted by molar-refractivity contribution is 6.02. The molecule has 188 valence electrons. The van der Waals surface area contributed by atoms with Crippen LogP contribution in [0.5, 0.6) is 23.0 Å². The van der Waals surface area contributed by atoms with E-state index in [1.54, 1.807) is 14.2 Å². The van der Waals surface area contributed by atoms with E-state index in [0.29, 0.717) is 11.5 Å². The number of para-hydroxylation sites is 1. The average Bonchev–Trinajstić information content (AvgIpc) is 3.38. The number of hydrogen-bond acceptors (Lipinski definition) is 6. The van der Waals surface area contributed by atoms with Gasteiger partial charge in [0.05, 0.1) is 32.6 Å². The first-order valence-corrected chi connectivity index (χ1v) is 12.8. The number of hydrogen-bond donors (Lipinski definition) is 0. The smallest absolute Gasteiger partial charge is 0.213 e. The Hall–Kier alpha value is -3.67. The van der Waals surface area contributed by atoms with Crippen molar-refractivity contribution in [2.75, 3.05) is 20.8 Å². The number of nitrogens with zero attached hydrogens (tertiary/aromatic N) is 2. The molecule has 2 aliphatic heterocycles. The minimum atomic E-state index is -0.318. The van der Waals surface area contributed by atoms with Crippen molar-refractivity contribution >= 4 is 5.71 Å². The van der Waals surface area contributed by atoms with Gasteiger partial charge in [0.15, 0.2) is 11.5 Å². The molecule has 0 N–H and O–H groups in total. The van der Waals surface area contributed by atoms with E-state index in [1.807, 2.05) is 42.5 Å². The van der Waals surface area contributed by atoms with Crippen molar-refractivity contribution in [3.05, 3.63) is 83.4 Å². The molecule has 3 aromatic rings. The van der Waals surface area contributed by atoms with Crippen LogP contribution in [0.25, 0.3) is 0 Å². The number of hydrazone groups is 1. The van der Waals surface area contributed by atoms with Crippen LogP contribution < -0.4 is 18.9 Å². The van der Waals surface area contributed by atoms with E-state index in [2.05, 4.69) is 36.2 Å². The van der Waals surface area contributed by atoms with Crippen LogP contribution >= 0.6 is 0 Å². The molecule has 5 rings (SSSR count). The summed E-state index contributed by atoms with van der Waals surface area (Å²) < 4.78 is 23.4. The summed E-state index contributed by atoms with van der Waals surface area (Å²) in [5, 5.41) is 7.16. The minimum absolute atomic E-state index is 0.0949. The summed E-state index contributed by atoms with van der Waals surface area (Å²) in [6.07, 6.45) is 5.24. The van der Waals surface area contributed by atoms with Crippen LogP contribution in [0.4, 0.5) is 0 Å². The lowest BCUT2D eigenvalue weighted by atomic mass is 9.96. The van der Waals surface area contributed by atoms with Gasteiger partial charge in [-0.25, -0.2) is 5.01 Å². The molecule has 0 unspecified atom stereocenters. The molecule has 0 amide bonds. The highest BCUT2D eigenvalue weighted by atomic mass is 16.5. The number of ether oxygens (including phenoxy) is 4. The van der Waals surface area contributed by atoms with Gasteiger partial charge in [-0.3, -0.25) is 0 Å². The van der Waals surface area contributed by atoms with Crippen LogP contribution in [0.3, 0.4) is 0 Å². The third kappa shape index (κ3) is 4.85. The molecule has 3 aromatic carbocycles. The number of methoxy groups -OCH3 is 2. The van der Waals surface area contributed by atoms with Crippen molar-refractivity contribution < 1.29 is 18.9 Å². The Morgan fingerprint density at radius 1 is 0.917 bits per heavy atom. The van der Waals surface area contributed by atoms with E-state index < -0.39 is 0 Å². The van der Waals surface area contributed by atoms with Gasteiger partial charge < -0.3 is 18.9 Å². The summed E-state index contributed by atoms with van der Waals surface area (Å²) in [6, 6.07) is 22.5. The molecule has 0 aromatic heterocycles. The second kappa shape index (κ2) is 10.9. The summed E-state index contributed by atoms with van der Waals surface area (Å²) in [4.78, 5) is 0. The fourth-order valence-corrected chi connectivity index (χ4v) is 4.89. The first-order valence-electron chi connectivity index (χ1n) is 12.8. The summed E-state index contributed by atoms with van der Waals surface area (Å²) in [7, 11) is 3.30. The predicted molar refractivity (Wildman–Crippen MR) is 141 cm³/mol. The highest BCUT2D eigenvalue weighted by Gasteiger charge is 2.41. The lowest BCUT2D eigenvalue weighted by Crippen LogP contribution is -2.33. The van der Waals surface area contributed by atoms with Gasteiger partial charge >= 0.3 is 0 Å². The Morgan fingerprint density at radius 2 is 1.72 bits per heavy atom. The molecule has 0 bridgehead atoms. The molecule has 2 aliphatic rings. The van der Waals surface area contributed by atoms with Crippen LogP contribution in [0, 0.1) is 0 Å². The first-order chi connectivity index (χ1) is 17.7. The van der Waals surface area contributed by atoms with Gasteiger partial charge in [0.1, 0.15) is 11.5 Å². The van der Waals surface area contributed by atoms with Gasteiger partial charge in [-0.15, -0.1) is 0 Å². The molecule has 0 aliphatic carbocycles. The molecule has 6 heteroatoms. The van der Waals surface area contributed by atoms with E-state index in [-0.39, 0.29) is 12.3 Å². The van der Waals surface area contributed by atoms with E-state index in [1.165, 1.54) is 19.3 Å². The molecule has 0 spiro atoms. The Morgan fingerprint density at radius 3 is 2.50 bits per heavy atom. The number of fused-ring (bicyclic) bond motifs is 3. The van der Waals surface area contributed by atoms with Gasteiger partial charge in [0, 0.05) is 23.1 Å². The van der Waals surface area contributed by atoms with Crippen LogP contribution in [-0.2, 0) is 0 Å². The van der Waals surface area contributed by atoms with Gasteiger partial charge in [0.2, 0.25) is 6.23 Å². The predicted octanol–water partition coefficient (Wildman–Crippen LogP) is 6.91. The summed E-state index contributed by atoms with van der Waals surface area (Å²) >= 11 is 0. The highest BCUT2D eigenvalue weighted by Crippen LogP contribution is 2.47. The largest absolute Gasteiger partial charge is 0.494 e. The van der Waals surface area contributed by atoms with Gasteiger partial charge in [0.25, 0.3) is 0 Å². The van der Waals surface area contributed by atoms with Crippen molar-refractivity contribution in [2.45, 2.75) is 51.3 Å². The lowest BCUT2D eigenvalue weighted by molar-refractivity contribution is -0.0190. The SMILES string of the molecule is CCCCCCOc1ccc([C@@H]2Oc3ccccc3[C@H]3CC(c4ccc(OC)c(OC)c4)=NN32)cc1. The standard InChI is InChI=1S/C30H34N2O4/c1-4-5-6-9-18-35-23-15-12-21(13-16-23)30-32-26(24-10-7-8-11-27(24)36-30)20-25(31-32)22-14-17-28(33-2)29(19-22)34-3/h7-8,10-17,19,26,30H,4-6,9,18,20H2,1-3H3/t26-,30+/m1/s1. The normalized spacial score (nSPS) is 18.1. The van der Waals surface area contributed by atoms with E-state index in [0.717, 1.165) is 53.3 Å². The van der Waals surface area contributed by atoms with Crippen molar-refractivity contribution in [3.8, 4) is 23.0 Å². The Labute approximate surface area is 213 Å². The van der Waals surface area contributed by atoms with Crippen LogP contribution in [-0.4, -0.2) is 31.5 Å². The van der Waals surface area contributed by atoms with Crippen molar-refractivity contribution in [1.29, 1.82) is 0 Å². The van der Waals surface area contributed by atoms with Crippen LogP contribution in [0.1, 0.15) is 68.0 Å². The fourth-order valence-electron chi connectivity index (χ4n) is 4.89. The van der Waals surface area contributed by atoms with E-state index in [4.69, 9.17) is 24.0 Å². The zero-order chi connectivity index (χ0) is 24.9. The monoisotopic (exact) mass is 486 g/mol. The number of rotatable bonds is 10. The Balaban J connectivity index is 1.40. The first kappa shape index (κ1) is 24.0. The zero-order valence-electron chi connectivity index (χ0n) is 21.3. The summed E-state index contributed by atoms with van der Waals surface area (Å²) in [5.74, 6) is 3.19. The quantitative estimate of drug-likeness (QED) is 0.292. The topological polar surface area (TPSA) is 52.5 Å². The van der Waals surface area contributed by atoms with Crippen molar-refractivity contribution in [1.82, 2.24) is 5.01 Å². The molecule has 0 fully saturated rings. The van der Waals surface area contributed by atoms with Gasteiger partial charge in [-0.2, -0.15) is 5.10 Å². The Kier molecular flexibility index (Phi) is 7.31. The fraction of sp³-hybridized carbons (Fsp3) is 0.367. The zero-order valence-corrected chi connectivity index (χ0v) is 21.3.